The maximum Gasteiger partial charge on any atom is 0.262 e. The summed E-state index contributed by atoms with van der Waals surface area (Å²) in [4.78, 5) is 43.5. The van der Waals surface area contributed by atoms with Crippen LogP contribution in [-0.4, -0.2) is 42.1 Å². The minimum absolute atomic E-state index is 0.0935. The highest BCUT2D eigenvalue weighted by Crippen LogP contribution is 2.55. The number of anilines is 1. The largest absolute Gasteiger partial charge is 0.490 e. The lowest BCUT2D eigenvalue weighted by Gasteiger charge is -2.49. The van der Waals surface area contributed by atoms with Gasteiger partial charge in [0.15, 0.2) is 29.7 Å². The molecule has 0 saturated carbocycles. The zero-order valence-corrected chi connectivity index (χ0v) is 28.7. The summed E-state index contributed by atoms with van der Waals surface area (Å²) in [5.74, 6) is 0.313. The fraction of sp³-hybridized carbons (Fsp3) is 0.390. The van der Waals surface area contributed by atoms with Crippen LogP contribution >= 0.6 is 0 Å². The van der Waals surface area contributed by atoms with Crippen LogP contribution in [0.15, 0.2) is 101 Å². The molecule has 2 aliphatic carbocycles. The molecule has 0 atom stereocenters. The molecule has 0 spiro atoms. The highest BCUT2D eigenvalue weighted by Gasteiger charge is 2.49. The van der Waals surface area contributed by atoms with Crippen molar-refractivity contribution in [3.05, 3.63) is 113 Å². The number of hydrogen-bond acceptors (Lipinski definition) is 6. The van der Waals surface area contributed by atoms with Crippen molar-refractivity contribution in [3.63, 3.8) is 0 Å². The lowest BCUT2D eigenvalue weighted by Crippen LogP contribution is -2.45. The average molecular weight is 647 g/mol. The Kier molecular flexibility index (Phi) is 9.33. The Labute approximate surface area is 284 Å². The number of carbonyl (C=O) groups is 3. The monoisotopic (exact) mass is 646 g/mol. The Morgan fingerprint density at radius 2 is 1.35 bits per heavy atom. The van der Waals surface area contributed by atoms with Gasteiger partial charge in [0.2, 0.25) is 0 Å². The van der Waals surface area contributed by atoms with Crippen molar-refractivity contribution < 1.29 is 23.9 Å². The van der Waals surface area contributed by atoms with Crippen LogP contribution < -0.4 is 14.8 Å². The predicted octanol–water partition coefficient (Wildman–Crippen LogP) is 8.03. The number of ketones is 2. The van der Waals surface area contributed by atoms with E-state index in [4.69, 9.17) is 9.47 Å². The number of Topliss-reactive ketones (excluding diaryl/α,β-unsaturated/α-hetero) is 2. The third-order valence-corrected chi connectivity index (χ3v) is 9.51. The van der Waals surface area contributed by atoms with Gasteiger partial charge in [0.1, 0.15) is 0 Å². The number of nitrogens with zero attached hydrogens (tertiary/aromatic N) is 1. The van der Waals surface area contributed by atoms with Gasteiger partial charge in [-0.3, -0.25) is 14.4 Å². The van der Waals surface area contributed by atoms with Crippen LogP contribution in [0.25, 0.3) is 0 Å². The zero-order valence-electron chi connectivity index (χ0n) is 28.7. The summed E-state index contributed by atoms with van der Waals surface area (Å²) >= 11 is 0. The number of rotatable bonds is 10. The summed E-state index contributed by atoms with van der Waals surface area (Å²) in [6.07, 6.45) is 3.16. The van der Waals surface area contributed by atoms with E-state index in [2.05, 4.69) is 62.2 Å². The summed E-state index contributed by atoms with van der Waals surface area (Å²) in [7, 11) is 0. The summed E-state index contributed by atoms with van der Waals surface area (Å²) in [6, 6.07) is 25.2. The van der Waals surface area contributed by atoms with Crippen molar-refractivity contribution in [3.8, 4) is 11.5 Å². The normalized spacial score (nSPS) is 18.7. The van der Waals surface area contributed by atoms with E-state index in [1.165, 1.54) is 5.56 Å². The standard InChI is InChI=1S/C41H46N2O5/c1-6-47-35-21-28(17-18-34(35)48-26-36(46)42-29-15-11-8-12-16-29)37-38-30(22-40(2,3)24-32(38)44)43(20-19-27-13-9-7-10-14-27)31-23-41(4,5)25-33(45)39(31)37/h7-18,21,37H,6,19-20,22-26H2,1-5H3,(H,42,46). The Balaban J connectivity index is 1.40. The maximum atomic E-state index is 14.2. The van der Waals surface area contributed by atoms with Gasteiger partial charge in [-0.05, 0) is 72.4 Å². The minimum atomic E-state index is -0.496. The van der Waals surface area contributed by atoms with Gasteiger partial charge in [-0.15, -0.1) is 0 Å². The van der Waals surface area contributed by atoms with E-state index in [1.54, 1.807) is 6.07 Å². The van der Waals surface area contributed by atoms with E-state index < -0.39 is 5.92 Å². The van der Waals surface area contributed by atoms with Gasteiger partial charge >= 0.3 is 0 Å². The maximum absolute atomic E-state index is 14.2. The van der Waals surface area contributed by atoms with Crippen LogP contribution in [0.1, 0.15) is 77.3 Å². The van der Waals surface area contributed by atoms with Crippen molar-refractivity contribution >= 4 is 23.2 Å². The fourth-order valence-corrected chi connectivity index (χ4v) is 7.49. The second-order valence-corrected chi connectivity index (χ2v) is 14.8. The van der Waals surface area contributed by atoms with E-state index in [0.717, 1.165) is 47.4 Å². The number of ether oxygens (including phenoxy) is 2. The first kappa shape index (κ1) is 33.3. The fourth-order valence-electron chi connectivity index (χ4n) is 7.49. The van der Waals surface area contributed by atoms with E-state index in [-0.39, 0.29) is 34.9 Å². The van der Waals surface area contributed by atoms with Crippen molar-refractivity contribution in [2.75, 3.05) is 25.1 Å². The summed E-state index contributed by atoms with van der Waals surface area (Å²) < 4.78 is 12.0. The van der Waals surface area contributed by atoms with E-state index in [1.807, 2.05) is 55.5 Å². The van der Waals surface area contributed by atoms with E-state index in [9.17, 15) is 14.4 Å². The molecule has 1 amide bonds. The van der Waals surface area contributed by atoms with Gasteiger partial charge < -0.3 is 19.7 Å². The van der Waals surface area contributed by atoms with Crippen molar-refractivity contribution in [1.29, 1.82) is 0 Å². The molecule has 3 aromatic carbocycles. The second-order valence-electron chi connectivity index (χ2n) is 14.8. The lowest BCUT2D eigenvalue weighted by molar-refractivity contribution is -0.120. The number of allylic oxidation sites excluding steroid dienone is 4. The lowest BCUT2D eigenvalue weighted by atomic mass is 9.63. The summed E-state index contributed by atoms with van der Waals surface area (Å²) in [6.45, 7) is 11.4. The van der Waals surface area contributed by atoms with Crippen molar-refractivity contribution in [2.45, 2.75) is 72.6 Å². The third-order valence-electron chi connectivity index (χ3n) is 9.51. The molecule has 3 aliphatic rings. The van der Waals surface area contributed by atoms with Gasteiger partial charge in [0.05, 0.1) is 6.61 Å². The molecule has 1 aliphatic heterocycles. The molecule has 0 aromatic heterocycles. The van der Waals surface area contributed by atoms with E-state index >= 15 is 0 Å². The number of para-hydroxylation sites is 1. The number of nitrogens with one attached hydrogen (secondary N) is 1. The third kappa shape index (κ3) is 7.10. The number of hydrogen-bond donors (Lipinski definition) is 1. The Morgan fingerprint density at radius 3 is 1.94 bits per heavy atom. The molecule has 0 unspecified atom stereocenters. The molecule has 250 valence electrons. The molecular weight excluding hydrogens is 600 g/mol. The minimum Gasteiger partial charge on any atom is -0.490 e. The number of benzene rings is 3. The highest BCUT2D eigenvalue weighted by atomic mass is 16.5. The molecule has 1 N–H and O–H groups in total. The molecule has 7 nitrogen and oxygen atoms in total. The van der Waals surface area contributed by atoms with Crippen LogP contribution in [0, 0.1) is 10.8 Å². The SMILES string of the molecule is CCOc1cc(C2C3=C(CC(C)(C)CC3=O)N(CCc3ccccc3)C3=C2C(=O)CC(C)(C)C3)ccc1OCC(=O)Nc1ccccc1. The molecule has 6 rings (SSSR count). The first-order chi connectivity index (χ1) is 22.9. The van der Waals surface area contributed by atoms with Gasteiger partial charge in [0.25, 0.3) is 5.91 Å². The predicted molar refractivity (Wildman–Crippen MR) is 188 cm³/mol. The van der Waals surface area contributed by atoms with Crippen molar-refractivity contribution in [1.82, 2.24) is 4.90 Å². The van der Waals surface area contributed by atoms with Crippen LogP contribution in [-0.2, 0) is 20.8 Å². The van der Waals surface area contributed by atoms with E-state index in [0.29, 0.717) is 43.2 Å². The van der Waals surface area contributed by atoms with Crippen LogP contribution in [0.2, 0.25) is 0 Å². The Hall–Kier alpha value is -4.65. The van der Waals surface area contributed by atoms with Gasteiger partial charge in [-0.1, -0.05) is 82.3 Å². The highest BCUT2D eigenvalue weighted by molar-refractivity contribution is 6.07. The molecule has 7 heteroatoms. The molecule has 3 aromatic rings. The van der Waals surface area contributed by atoms with Crippen LogP contribution in [0.3, 0.4) is 0 Å². The first-order valence-corrected chi connectivity index (χ1v) is 17.0. The topological polar surface area (TPSA) is 84.9 Å². The average Bonchev–Trinajstić information content (AvgIpc) is 3.03. The molecule has 0 saturated heterocycles. The summed E-state index contributed by atoms with van der Waals surface area (Å²) in [5, 5.41) is 2.84. The molecule has 0 bridgehead atoms. The first-order valence-electron chi connectivity index (χ1n) is 17.0. The molecule has 48 heavy (non-hydrogen) atoms. The van der Waals surface area contributed by atoms with Crippen LogP contribution in [0.4, 0.5) is 5.69 Å². The van der Waals surface area contributed by atoms with Crippen LogP contribution in [0.5, 0.6) is 11.5 Å². The second kappa shape index (κ2) is 13.5. The smallest absolute Gasteiger partial charge is 0.262 e. The van der Waals surface area contributed by atoms with Gasteiger partial charge in [0, 0.05) is 53.5 Å². The quantitative estimate of drug-likeness (QED) is 0.240. The Bertz CT molecular complexity index is 1720. The molecule has 1 heterocycles. The number of carbonyl (C=O) groups excluding carboxylic acids is 3. The molecule has 0 fully saturated rings. The van der Waals surface area contributed by atoms with Crippen molar-refractivity contribution in [2.24, 2.45) is 10.8 Å². The van der Waals surface area contributed by atoms with Gasteiger partial charge in [-0.2, -0.15) is 0 Å². The molecule has 0 radical (unpaired) electrons. The zero-order chi connectivity index (χ0) is 34.1. The van der Waals surface area contributed by atoms with Gasteiger partial charge in [-0.25, -0.2) is 0 Å². The number of amides is 1. The Morgan fingerprint density at radius 1 is 0.771 bits per heavy atom. The summed E-state index contributed by atoms with van der Waals surface area (Å²) in [5.41, 5.74) is 5.87. The molecular formula is C41H46N2O5.